The zero-order chi connectivity index (χ0) is 50.8. The highest BCUT2D eigenvalue weighted by molar-refractivity contribution is 6.23. The normalized spacial score (nSPS) is 31.2. The summed E-state index contributed by atoms with van der Waals surface area (Å²) in [5, 5.41) is 68.2. The van der Waals surface area contributed by atoms with Gasteiger partial charge in [0.2, 0.25) is 0 Å². The summed E-state index contributed by atoms with van der Waals surface area (Å²) in [6, 6.07) is 7.62. The molecule has 0 saturated carbocycles. The minimum atomic E-state index is -2.07. The number of esters is 1. The van der Waals surface area contributed by atoms with E-state index in [1.165, 1.54) is 59.4 Å². The molecule has 1 saturated heterocycles. The van der Waals surface area contributed by atoms with Crippen LogP contribution in [0, 0.1) is 30.6 Å². The first-order chi connectivity index (χ1) is 32.5. The molecular formula is C52H68N4O13. The summed E-state index contributed by atoms with van der Waals surface area (Å²) in [4.78, 5) is 43.4. The lowest BCUT2D eigenvalue weighted by molar-refractivity contribution is -0.160. The third kappa shape index (κ3) is 10.6. The summed E-state index contributed by atoms with van der Waals surface area (Å²) in [7, 11) is 3.06. The molecule has 4 aliphatic rings. The van der Waals surface area contributed by atoms with E-state index in [1.54, 1.807) is 47.0 Å². The Morgan fingerprint density at radius 1 is 0.899 bits per heavy atom. The number of hydrazone groups is 1. The van der Waals surface area contributed by atoms with Crippen LogP contribution in [0.4, 0.5) is 5.69 Å². The number of ketones is 1. The summed E-state index contributed by atoms with van der Waals surface area (Å²) >= 11 is 0. The van der Waals surface area contributed by atoms with E-state index in [4.69, 9.17) is 28.8 Å². The zero-order valence-electron chi connectivity index (χ0n) is 41.5. The maximum Gasteiger partial charge on any atom is 0.312 e. The summed E-state index contributed by atoms with van der Waals surface area (Å²) in [5.41, 5.74) is 0.686. The summed E-state index contributed by atoms with van der Waals surface area (Å²) in [5.74, 6) is -7.76. The molecule has 17 heteroatoms. The van der Waals surface area contributed by atoms with Crippen LogP contribution in [0.2, 0.25) is 0 Å². The van der Waals surface area contributed by atoms with E-state index in [0.29, 0.717) is 19.6 Å². The maximum atomic E-state index is 14.7. The van der Waals surface area contributed by atoms with Crippen LogP contribution >= 0.6 is 0 Å². The Labute approximate surface area is 403 Å². The van der Waals surface area contributed by atoms with Crippen molar-refractivity contribution in [3.63, 3.8) is 0 Å². The van der Waals surface area contributed by atoms with Crippen molar-refractivity contribution in [1.29, 1.82) is 0 Å². The predicted molar refractivity (Wildman–Crippen MR) is 260 cm³/mol. The van der Waals surface area contributed by atoms with Crippen molar-refractivity contribution in [3.05, 3.63) is 82.7 Å². The topological polar surface area (TPSA) is 229 Å². The zero-order valence-corrected chi connectivity index (χ0v) is 41.5. The fraction of sp³-hybridized carbons (Fsp3) is 0.500. The molecular weight excluding hydrogens is 889 g/mol. The Balaban J connectivity index is 1.47. The third-order valence-electron chi connectivity index (χ3n) is 13.9. The largest absolute Gasteiger partial charge is 0.507 e. The van der Waals surface area contributed by atoms with Gasteiger partial charge in [0.1, 0.15) is 29.1 Å². The number of allylic oxidation sites excluding steroid dienone is 2. The first-order valence-electron chi connectivity index (χ1n) is 23.3. The highest BCUT2D eigenvalue weighted by Crippen LogP contribution is 2.55. The molecule has 7 rings (SSSR count). The molecule has 69 heavy (non-hydrogen) atoms. The van der Waals surface area contributed by atoms with Gasteiger partial charge in [0.25, 0.3) is 11.7 Å². The number of ether oxygens (including phenoxy) is 5. The molecule has 11 atom stereocenters. The number of carbonyl (C=O) groups is 3. The van der Waals surface area contributed by atoms with Gasteiger partial charge in [-0.2, -0.15) is 5.10 Å². The average Bonchev–Trinajstić information content (AvgIpc) is 3.57. The number of piperazine rings is 1. The van der Waals surface area contributed by atoms with Crippen LogP contribution in [0.3, 0.4) is 0 Å². The lowest BCUT2D eigenvalue weighted by Crippen LogP contribution is -2.54. The number of hydrogen-bond acceptors (Lipinski definition) is 16. The number of phenolic OH excluding ortho intramolecular Hbond substituents is 3. The molecule has 0 aromatic heterocycles. The second-order valence-corrected chi connectivity index (χ2v) is 19.0. The van der Waals surface area contributed by atoms with Crippen LogP contribution in [0.1, 0.15) is 89.4 Å². The monoisotopic (exact) mass is 956 g/mol. The number of aliphatic hydroxyl groups is 2. The fourth-order valence-corrected chi connectivity index (χ4v) is 9.77. The molecule has 0 spiro atoms. The van der Waals surface area contributed by atoms with E-state index in [2.05, 4.69) is 10.2 Å². The molecule has 1 fully saturated rings. The first kappa shape index (κ1) is 52.2. The van der Waals surface area contributed by atoms with Crippen molar-refractivity contribution in [2.24, 2.45) is 28.8 Å². The molecule has 4 aliphatic heterocycles. The molecule has 5 bridgehead atoms. The standard InChI is InChI=1S/C52H68N4O13/c1-26-14-13-15-27(2)51(64)54-42-37(22-53-56-28(3)23-55(24-29(56)4)25-35-16-18-36(65-11)19-17-35)46(61)39-40(47(42)62)45(60)33(8)49-41(39)50(63)52(10,69-49)67-21-20-38(66-12)30(5)48(68-34(9)57)32(7)44(59)31(6)43(26)58/h13-22,26,28-32,38,43-44,48,58-62H,23-25H2,1-12H3,(H,54,64)/b14-13+,21-20+,27-15-,53-22-/t26-,28?,29?,30+,31+,32+,38-,43-,44+,48+,52-/m0/s1. The average molecular weight is 957 g/mol. The Kier molecular flexibility index (Phi) is 16.1. The third-order valence-corrected chi connectivity index (χ3v) is 13.9. The SMILES string of the molecule is COc1ccc(CN2CC(C)N(/N=C\c3c4c(O)c5c(O)c(C)c6c(c5c3O)C(=O)[C@@](C)(O/C=C/[C@H](OC)[C@@H](C)[C@@H](OC(C)=O)[C@H](C)[C@H](O)[C@H](C)[C@@H](O)[C@@H](C)/C=C/C=C(/C)C(=O)N4)O6)C(C)C2)cc1. The minimum Gasteiger partial charge on any atom is -0.507 e. The lowest BCUT2D eigenvalue weighted by Gasteiger charge is -2.42. The second kappa shape index (κ2) is 21.2. The molecule has 3 aromatic rings. The lowest BCUT2D eigenvalue weighted by atomic mass is 9.78. The minimum absolute atomic E-state index is 0.0446. The Morgan fingerprint density at radius 2 is 1.55 bits per heavy atom. The predicted octanol–water partition coefficient (Wildman–Crippen LogP) is 6.69. The van der Waals surface area contributed by atoms with Gasteiger partial charge >= 0.3 is 11.8 Å². The number of Topliss-reactive ketones (excluding diaryl/α,β-unsaturated/α-hetero) is 1. The number of rotatable bonds is 7. The summed E-state index contributed by atoms with van der Waals surface area (Å²) in [6.45, 7) is 18.5. The smallest absolute Gasteiger partial charge is 0.312 e. The van der Waals surface area contributed by atoms with Crippen LogP contribution in [0.25, 0.3) is 10.8 Å². The van der Waals surface area contributed by atoms with Crippen LogP contribution in [0.15, 0.2) is 65.5 Å². The molecule has 6 N–H and O–H groups in total. The van der Waals surface area contributed by atoms with Crippen LogP contribution < -0.4 is 14.8 Å². The number of phenols is 3. The number of aromatic hydroxyl groups is 3. The number of carbonyl (C=O) groups excluding carboxylic acids is 3. The van der Waals surface area contributed by atoms with E-state index < -0.39 is 88.8 Å². The maximum absolute atomic E-state index is 14.7. The Morgan fingerprint density at radius 3 is 2.16 bits per heavy atom. The van der Waals surface area contributed by atoms with Crippen molar-refractivity contribution >= 4 is 40.3 Å². The molecule has 374 valence electrons. The van der Waals surface area contributed by atoms with E-state index in [1.807, 2.05) is 43.1 Å². The van der Waals surface area contributed by atoms with Crippen molar-refractivity contribution in [3.8, 4) is 28.7 Å². The molecule has 1 amide bonds. The number of hydrogen-bond donors (Lipinski definition) is 6. The van der Waals surface area contributed by atoms with Crippen molar-refractivity contribution in [1.82, 2.24) is 9.91 Å². The quantitative estimate of drug-likeness (QED) is 0.0627. The van der Waals surface area contributed by atoms with E-state index >= 15 is 0 Å². The summed E-state index contributed by atoms with van der Waals surface area (Å²) < 4.78 is 29.1. The number of benzene rings is 3. The number of aliphatic hydroxyl groups excluding tert-OH is 2. The van der Waals surface area contributed by atoms with Gasteiger partial charge in [0.15, 0.2) is 5.75 Å². The molecule has 0 aliphatic carbocycles. The number of nitrogens with one attached hydrogen (secondary N) is 1. The number of methoxy groups -OCH3 is 2. The van der Waals surface area contributed by atoms with Crippen molar-refractivity contribution < 1.29 is 63.6 Å². The Bertz CT molecular complexity index is 2530. The van der Waals surface area contributed by atoms with Crippen LogP contribution in [-0.2, 0) is 30.3 Å². The molecule has 2 unspecified atom stereocenters. The van der Waals surface area contributed by atoms with Gasteiger partial charge in [-0.1, -0.05) is 58.1 Å². The molecule has 0 radical (unpaired) electrons. The fourth-order valence-electron chi connectivity index (χ4n) is 9.77. The first-order valence-corrected chi connectivity index (χ1v) is 23.3. The number of fused-ring (bicyclic) bond motifs is 14. The van der Waals surface area contributed by atoms with Crippen LogP contribution in [0.5, 0.6) is 28.7 Å². The van der Waals surface area contributed by atoms with Gasteiger partial charge in [0, 0.05) is 80.8 Å². The van der Waals surface area contributed by atoms with Gasteiger partial charge in [-0.05, 0) is 51.5 Å². The number of amides is 1. The number of nitrogens with zero attached hydrogens (tertiary/aromatic N) is 3. The van der Waals surface area contributed by atoms with Gasteiger partial charge in [-0.25, -0.2) is 0 Å². The molecule has 4 heterocycles. The van der Waals surface area contributed by atoms with Gasteiger partial charge in [-0.3, -0.25) is 24.3 Å². The Hall–Kier alpha value is -6.14. The van der Waals surface area contributed by atoms with Crippen molar-refractivity contribution in [2.75, 3.05) is 32.6 Å². The van der Waals surface area contributed by atoms with E-state index in [-0.39, 0.29) is 56.6 Å². The van der Waals surface area contributed by atoms with Crippen molar-refractivity contribution in [2.45, 2.75) is 118 Å². The van der Waals surface area contributed by atoms with Gasteiger partial charge in [0.05, 0.1) is 72.2 Å². The van der Waals surface area contributed by atoms with Gasteiger partial charge in [-0.15, -0.1) is 0 Å². The van der Waals surface area contributed by atoms with Crippen LogP contribution in [-0.4, -0.2) is 129 Å². The number of anilines is 1. The second-order valence-electron chi connectivity index (χ2n) is 19.0. The van der Waals surface area contributed by atoms with Gasteiger partial charge < -0.3 is 54.5 Å². The van der Waals surface area contributed by atoms with E-state index in [9.17, 15) is 39.9 Å². The highest BCUT2D eigenvalue weighted by Gasteiger charge is 2.50. The highest BCUT2D eigenvalue weighted by atomic mass is 16.7. The van der Waals surface area contributed by atoms with E-state index in [0.717, 1.165) is 11.3 Å². The molecule has 17 nitrogen and oxygen atoms in total. The summed E-state index contributed by atoms with van der Waals surface area (Å²) in [6.07, 6.45) is 4.84. The molecule has 3 aromatic carbocycles.